The number of aromatic nitrogens is 2. The van der Waals surface area contributed by atoms with E-state index in [0.29, 0.717) is 22.6 Å². The number of nitrogens with one attached hydrogen (secondary N) is 1. The van der Waals surface area contributed by atoms with E-state index < -0.39 is 5.91 Å². The van der Waals surface area contributed by atoms with Crippen LogP contribution in [0.2, 0.25) is 0 Å². The third-order valence-electron chi connectivity index (χ3n) is 4.94. The molecule has 0 radical (unpaired) electrons. The van der Waals surface area contributed by atoms with Gasteiger partial charge < -0.3 is 14.3 Å². The van der Waals surface area contributed by atoms with Gasteiger partial charge in [0.15, 0.2) is 0 Å². The summed E-state index contributed by atoms with van der Waals surface area (Å²) in [6.45, 7) is 3.65. The molecule has 1 amide bonds. The molecule has 0 aliphatic heterocycles. The van der Waals surface area contributed by atoms with Gasteiger partial charge in [0, 0.05) is 12.4 Å². The molecule has 1 aromatic carbocycles. The van der Waals surface area contributed by atoms with Gasteiger partial charge in [-0.1, -0.05) is 18.2 Å². The van der Waals surface area contributed by atoms with Gasteiger partial charge in [0.05, 0.1) is 29.2 Å². The Kier molecular flexibility index (Phi) is 5.18. The van der Waals surface area contributed by atoms with Crippen LogP contribution in [0, 0.1) is 12.7 Å². The summed E-state index contributed by atoms with van der Waals surface area (Å²) >= 11 is 0. The summed E-state index contributed by atoms with van der Waals surface area (Å²) in [7, 11) is 0. The molecule has 7 heteroatoms. The van der Waals surface area contributed by atoms with Gasteiger partial charge in [-0.15, -0.1) is 0 Å². The molecule has 1 atom stereocenters. The highest BCUT2D eigenvalue weighted by molar-refractivity contribution is 6.07. The molecule has 30 heavy (non-hydrogen) atoms. The number of benzene rings is 1. The van der Waals surface area contributed by atoms with Crippen LogP contribution in [0.3, 0.4) is 0 Å². The van der Waals surface area contributed by atoms with E-state index >= 15 is 0 Å². The average molecular weight is 405 g/mol. The number of furan rings is 1. The van der Waals surface area contributed by atoms with Crippen molar-refractivity contribution in [1.82, 2.24) is 14.9 Å². The second-order valence-corrected chi connectivity index (χ2v) is 7.10. The number of rotatable bonds is 5. The van der Waals surface area contributed by atoms with Gasteiger partial charge in [-0.05, 0) is 49.7 Å². The second-order valence-electron chi connectivity index (χ2n) is 7.10. The van der Waals surface area contributed by atoms with Crippen LogP contribution in [0.1, 0.15) is 40.3 Å². The Hall–Kier alpha value is -3.74. The van der Waals surface area contributed by atoms with Crippen LogP contribution >= 0.6 is 0 Å². The van der Waals surface area contributed by atoms with Gasteiger partial charge in [0.1, 0.15) is 17.2 Å². The zero-order valence-corrected chi connectivity index (χ0v) is 16.6. The van der Waals surface area contributed by atoms with Crippen molar-refractivity contribution in [3.8, 4) is 0 Å². The molecule has 3 aromatic heterocycles. The lowest BCUT2D eigenvalue weighted by molar-refractivity contribution is 0.0939. The Morgan fingerprint density at radius 3 is 2.80 bits per heavy atom. The number of hydrogen-bond acceptors (Lipinski definition) is 4. The summed E-state index contributed by atoms with van der Waals surface area (Å²) in [4.78, 5) is 30.4. The minimum Gasteiger partial charge on any atom is -0.460 e. The van der Waals surface area contributed by atoms with Crippen molar-refractivity contribution < 1.29 is 13.6 Å². The Morgan fingerprint density at radius 2 is 2.07 bits per heavy atom. The van der Waals surface area contributed by atoms with Crippen LogP contribution < -0.4 is 10.9 Å². The largest absolute Gasteiger partial charge is 0.460 e. The van der Waals surface area contributed by atoms with Gasteiger partial charge in [-0.2, -0.15) is 0 Å². The first kappa shape index (κ1) is 19.6. The fraction of sp³-hybridized carbons (Fsp3) is 0.174. The summed E-state index contributed by atoms with van der Waals surface area (Å²) in [5.74, 6) is -0.425. The first-order chi connectivity index (χ1) is 14.4. The standard InChI is InChI=1S/C23H20FN3O3/c1-14(18-8-3-4-10-25-18)26-22(28)20-15(2)30-19-9-11-27(23(29)21(19)20)13-16-6-5-7-17(24)12-16/h3-12,14H,13H2,1-2H3,(H,26,28)/t14-/m1/s1. The van der Waals surface area contributed by atoms with Crippen molar-refractivity contribution in [3.63, 3.8) is 0 Å². The first-order valence-corrected chi connectivity index (χ1v) is 9.53. The Balaban J connectivity index is 1.70. The van der Waals surface area contributed by atoms with Crippen LogP contribution in [0.4, 0.5) is 4.39 Å². The average Bonchev–Trinajstić information content (AvgIpc) is 3.07. The maximum Gasteiger partial charge on any atom is 0.262 e. The van der Waals surface area contributed by atoms with E-state index in [1.165, 1.54) is 16.7 Å². The van der Waals surface area contributed by atoms with E-state index in [9.17, 15) is 14.0 Å². The van der Waals surface area contributed by atoms with Crippen LogP contribution in [0.5, 0.6) is 0 Å². The molecule has 4 rings (SSSR count). The first-order valence-electron chi connectivity index (χ1n) is 9.53. The SMILES string of the molecule is Cc1oc2ccn(Cc3cccc(F)c3)c(=O)c2c1C(=O)N[C@H](C)c1ccccn1. The molecule has 0 saturated heterocycles. The quantitative estimate of drug-likeness (QED) is 0.545. The molecule has 0 aliphatic rings. The van der Waals surface area contributed by atoms with Crippen molar-refractivity contribution in [1.29, 1.82) is 0 Å². The molecule has 6 nitrogen and oxygen atoms in total. The highest BCUT2D eigenvalue weighted by Crippen LogP contribution is 2.23. The molecule has 152 valence electrons. The molecule has 0 saturated carbocycles. The lowest BCUT2D eigenvalue weighted by atomic mass is 10.1. The summed E-state index contributed by atoms with van der Waals surface area (Å²) in [5, 5.41) is 3.08. The smallest absolute Gasteiger partial charge is 0.262 e. The summed E-state index contributed by atoms with van der Waals surface area (Å²) in [6.07, 6.45) is 3.23. The second kappa shape index (κ2) is 7.94. The van der Waals surface area contributed by atoms with Crippen LogP contribution in [-0.2, 0) is 6.54 Å². The molecule has 0 fully saturated rings. The third kappa shape index (κ3) is 3.74. The lowest BCUT2D eigenvalue weighted by Crippen LogP contribution is -2.29. The number of aryl methyl sites for hydroxylation is 1. The predicted molar refractivity (Wildman–Crippen MR) is 111 cm³/mol. The number of hydrogen-bond donors (Lipinski definition) is 1. The van der Waals surface area contributed by atoms with Gasteiger partial charge >= 0.3 is 0 Å². The summed E-state index contributed by atoms with van der Waals surface area (Å²) in [5.41, 5.74) is 1.52. The molecule has 0 spiro atoms. The zero-order chi connectivity index (χ0) is 21.3. The molecular weight excluding hydrogens is 385 g/mol. The maximum absolute atomic E-state index is 13.5. The van der Waals surface area contributed by atoms with E-state index in [0.717, 1.165) is 0 Å². The molecule has 3 heterocycles. The highest BCUT2D eigenvalue weighted by Gasteiger charge is 2.23. The van der Waals surface area contributed by atoms with E-state index in [4.69, 9.17) is 4.42 Å². The Morgan fingerprint density at radius 1 is 1.23 bits per heavy atom. The van der Waals surface area contributed by atoms with Crippen molar-refractivity contribution in [2.45, 2.75) is 26.4 Å². The van der Waals surface area contributed by atoms with Crippen molar-refractivity contribution in [3.05, 3.63) is 99.7 Å². The Bertz CT molecular complexity index is 1280. The molecule has 4 aromatic rings. The molecule has 0 aliphatic carbocycles. The van der Waals surface area contributed by atoms with E-state index in [1.807, 2.05) is 19.1 Å². The van der Waals surface area contributed by atoms with Crippen LogP contribution in [0.25, 0.3) is 11.0 Å². The number of fused-ring (bicyclic) bond motifs is 1. The normalized spacial score (nSPS) is 12.1. The summed E-state index contributed by atoms with van der Waals surface area (Å²) < 4.78 is 20.6. The topological polar surface area (TPSA) is 77.1 Å². The van der Waals surface area contributed by atoms with Gasteiger partial charge in [-0.3, -0.25) is 14.6 Å². The van der Waals surface area contributed by atoms with E-state index in [2.05, 4.69) is 10.3 Å². The molecule has 1 N–H and O–H groups in total. The van der Waals surface area contributed by atoms with Crippen molar-refractivity contribution >= 4 is 16.9 Å². The number of halogens is 1. The van der Waals surface area contributed by atoms with E-state index in [-0.39, 0.29) is 34.9 Å². The predicted octanol–water partition coefficient (Wildman–Crippen LogP) is 3.98. The van der Waals surface area contributed by atoms with Gasteiger partial charge in [-0.25, -0.2) is 4.39 Å². The number of nitrogens with zero attached hydrogens (tertiary/aromatic N) is 2. The minimum absolute atomic E-state index is 0.183. The van der Waals surface area contributed by atoms with Crippen LogP contribution in [-0.4, -0.2) is 15.5 Å². The van der Waals surface area contributed by atoms with Crippen molar-refractivity contribution in [2.75, 3.05) is 0 Å². The fourth-order valence-corrected chi connectivity index (χ4v) is 3.47. The summed E-state index contributed by atoms with van der Waals surface area (Å²) in [6, 6.07) is 12.8. The molecular formula is C23H20FN3O3. The van der Waals surface area contributed by atoms with Gasteiger partial charge in [0.2, 0.25) is 0 Å². The maximum atomic E-state index is 13.5. The molecule has 0 unspecified atom stereocenters. The lowest BCUT2D eigenvalue weighted by Gasteiger charge is -2.13. The highest BCUT2D eigenvalue weighted by atomic mass is 19.1. The minimum atomic E-state index is -0.412. The number of amides is 1. The third-order valence-corrected chi connectivity index (χ3v) is 4.94. The number of pyridine rings is 2. The fourth-order valence-electron chi connectivity index (χ4n) is 3.47. The number of carbonyl (C=O) groups excluding carboxylic acids is 1. The van der Waals surface area contributed by atoms with E-state index in [1.54, 1.807) is 43.6 Å². The monoisotopic (exact) mass is 405 g/mol. The zero-order valence-electron chi connectivity index (χ0n) is 16.6. The number of carbonyl (C=O) groups is 1. The molecule has 0 bridgehead atoms. The Labute approximate surface area is 172 Å². The van der Waals surface area contributed by atoms with Crippen LogP contribution in [0.15, 0.2) is 70.1 Å². The van der Waals surface area contributed by atoms with Crippen molar-refractivity contribution in [2.24, 2.45) is 0 Å². The van der Waals surface area contributed by atoms with Gasteiger partial charge in [0.25, 0.3) is 11.5 Å².